The van der Waals surface area contributed by atoms with Gasteiger partial charge in [0.2, 0.25) is 0 Å². The van der Waals surface area contributed by atoms with Gasteiger partial charge in [-0.25, -0.2) is 0 Å². The molecule has 12 heavy (non-hydrogen) atoms. The molecule has 1 aromatic rings. The maximum atomic E-state index is 2.37. The van der Waals surface area contributed by atoms with E-state index in [4.69, 9.17) is 0 Å². The normalized spacial score (nSPS) is 10.2. The van der Waals surface area contributed by atoms with E-state index in [9.17, 15) is 0 Å². The van der Waals surface area contributed by atoms with Crippen LogP contribution in [-0.2, 0) is 6.42 Å². The fourth-order valence-electron chi connectivity index (χ4n) is 1.27. The second-order valence-corrected chi connectivity index (χ2v) is 4.33. The van der Waals surface area contributed by atoms with Gasteiger partial charge in [0.25, 0.3) is 0 Å². The lowest BCUT2D eigenvalue weighted by molar-refractivity contribution is 0.717. The standard InChI is InChI=1S/C11H15I/c1-2-3-4-6-10-7-5-8-11(12)9-10/h5,7-9H,2-4,6H2,1H3. The summed E-state index contributed by atoms with van der Waals surface area (Å²) in [5.74, 6) is 0. The van der Waals surface area contributed by atoms with E-state index >= 15 is 0 Å². The van der Waals surface area contributed by atoms with Crippen molar-refractivity contribution < 1.29 is 0 Å². The Bertz CT molecular complexity index is 230. The SMILES string of the molecule is CCCCCc1cccc(I)c1. The van der Waals surface area contributed by atoms with Crippen LogP contribution in [0.1, 0.15) is 31.7 Å². The highest BCUT2D eigenvalue weighted by atomic mass is 127. The summed E-state index contributed by atoms with van der Waals surface area (Å²) in [4.78, 5) is 0. The molecule has 66 valence electrons. The number of rotatable bonds is 4. The molecule has 0 aliphatic heterocycles. The van der Waals surface area contributed by atoms with E-state index in [0.29, 0.717) is 0 Å². The summed E-state index contributed by atoms with van der Waals surface area (Å²) in [5.41, 5.74) is 1.48. The highest BCUT2D eigenvalue weighted by Gasteiger charge is 1.92. The molecule has 0 heterocycles. The van der Waals surface area contributed by atoms with Gasteiger partial charge in [0, 0.05) is 3.57 Å². The molecule has 0 aromatic heterocycles. The van der Waals surface area contributed by atoms with E-state index in [1.54, 1.807) is 0 Å². The Morgan fingerprint density at radius 1 is 1.25 bits per heavy atom. The molecule has 0 aliphatic carbocycles. The van der Waals surface area contributed by atoms with Crippen molar-refractivity contribution >= 4 is 22.6 Å². The number of unbranched alkanes of at least 4 members (excludes halogenated alkanes) is 2. The van der Waals surface area contributed by atoms with E-state index in [1.807, 2.05) is 0 Å². The van der Waals surface area contributed by atoms with E-state index in [1.165, 1.54) is 34.8 Å². The molecule has 0 N–H and O–H groups in total. The van der Waals surface area contributed by atoms with Crippen LogP contribution in [0.5, 0.6) is 0 Å². The highest BCUT2D eigenvalue weighted by molar-refractivity contribution is 14.1. The maximum Gasteiger partial charge on any atom is 0.0133 e. The molecule has 1 rings (SSSR count). The molecule has 0 amide bonds. The lowest BCUT2D eigenvalue weighted by Gasteiger charge is -2.00. The minimum absolute atomic E-state index is 1.24. The van der Waals surface area contributed by atoms with E-state index in [2.05, 4.69) is 53.8 Å². The van der Waals surface area contributed by atoms with Gasteiger partial charge in [-0.3, -0.25) is 0 Å². The van der Waals surface area contributed by atoms with Gasteiger partial charge in [-0.2, -0.15) is 0 Å². The van der Waals surface area contributed by atoms with Crippen molar-refractivity contribution in [3.05, 3.63) is 33.4 Å². The maximum absolute atomic E-state index is 2.37. The van der Waals surface area contributed by atoms with Crippen LogP contribution < -0.4 is 0 Å². The third-order valence-electron chi connectivity index (χ3n) is 1.96. The minimum Gasteiger partial charge on any atom is -0.0654 e. The highest BCUT2D eigenvalue weighted by Crippen LogP contribution is 2.10. The van der Waals surface area contributed by atoms with E-state index in [-0.39, 0.29) is 0 Å². The molecular formula is C11H15I. The number of benzene rings is 1. The van der Waals surface area contributed by atoms with E-state index in [0.717, 1.165) is 0 Å². The zero-order chi connectivity index (χ0) is 8.81. The van der Waals surface area contributed by atoms with Crippen molar-refractivity contribution in [2.45, 2.75) is 32.6 Å². The Kier molecular flexibility index (Phi) is 4.66. The summed E-state index contributed by atoms with van der Waals surface area (Å²) >= 11 is 2.37. The Hall–Kier alpha value is -0.0500. The molecule has 0 fully saturated rings. The largest absolute Gasteiger partial charge is 0.0654 e. The Morgan fingerprint density at radius 2 is 2.08 bits per heavy atom. The lowest BCUT2D eigenvalue weighted by Crippen LogP contribution is -1.85. The molecule has 0 spiro atoms. The van der Waals surface area contributed by atoms with Gasteiger partial charge in [0.05, 0.1) is 0 Å². The molecule has 1 heteroatoms. The molecule has 0 aliphatic rings. The number of aryl methyl sites for hydroxylation is 1. The molecule has 0 radical (unpaired) electrons. The van der Waals surface area contributed by atoms with Gasteiger partial charge < -0.3 is 0 Å². The quantitative estimate of drug-likeness (QED) is 0.574. The third kappa shape index (κ3) is 3.57. The van der Waals surface area contributed by atoms with Gasteiger partial charge in [-0.1, -0.05) is 31.9 Å². The Morgan fingerprint density at radius 3 is 2.75 bits per heavy atom. The van der Waals surface area contributed by atoms with Crippen LogP contribution in [0.3, 0.4) is 0 Å². The van der Waals surface area contributed by atoms with Gasteiger partial charge in [0.1, 0.15) is 0 Å². The second-order valence-electron chi connectivity index (χ2n) is 3.09. The summed E-state index contributed by atoms with van der Waals surface area (Å²) in [6.45, 7) is 2.24. The molecular weight excluding hydrogens is 259 g/mol. The van der Waals surface area contributed by atoms with Crippen molar-refractivity contribution in [1.29, 1.82) is 0 Å². The average molecular weight is 274 g/mol. The lowest BCUT2D eigenvalue weighted by atomic mass is 10.1. The van der Waals surface area contributed by atoms with Crippen LogP contribution in [-0.4, -0.2) is 0 Å². The van der Waals surface area contributed by atoms with Gasteiger partial charge in [-0.05, 0) is 53.1 Å². The fraction of sp³-hybridized carbons (Fsp3) is 0.455. The van der Waals surface area contributed by atoms with Crippen LogP contribution in [0.25, 0.3) is 0 Å². The molecule has 1 aromatic carbocycles. The zero-order valence-corrected chi connectivity index (χ0v) is 9.67. The van der Waals surface area contributed by atoms with Crippen molar-refractivity contribution in [2.75, 3.05) is 0 Å². The molecule has 0 nitrogen and oxygen atoms in total. The monoisotopic (exact) mass is 274 g/mol. The van der Waals surface area contributed by atoms with Gasteiger partial charge >= 0.3 is 0 Å². The molecule has 0 unspecified atom stereocenters. The predicted octanol–water partition coefficient (Wildman–Crippen LogP) is 4.02. The minimum atomic E-state index is 1.24. The summed E-state index contributed by atoms with van der Waals surface area (Å²) in [6, 6.07) is 8.78. The van der Waals surface area contributed by atoms with Crippen LogP contribution in [0.2, 0.25) is 0 Å². The van der Waals surface area contributed by atoms with Crippen LogP contribution >= 0.6 is 22.6 Å². The summed E-state index contributed by atoms with van der Waals surface area (Å²) in [6.07, 6.45) is 5.23. The van der Waals surface area contributed by atoms with Crippen molar-refractivity contribution in [3.8, 4) is 0 Å². The summed E-state index contributed by atoms with van der Waals surface area (Å²) in [7, 11) is 0. The summed E-state index contributed by atoms with van der Waals surface area (Å²) < 4.78 is 1.35. The van der Waals surface area contributed by atoms with Gasteiger partial charge in [-0.15, -0.1) is 0 Å². The Balaban J connectivity index is 2.41. The molecule has 0 saturated carbocycles. The first-order chi connectivity index (χ1) is 5.83. The first-order valence-corrected chi connectivity index (χ1v) is 5.65. The predicted molar refractivity (Wildman–Crippen MR) is 62.4 cm³/mol. The number of hydrogen-bond acceptors (Lipinski definition) is 0. The second kappa shape index (κ2) is 5.57. The van der Waals surface area contributed by atoms with Crippen LogP contribution in [0.15, 0.2) is 24.3 Å². The first kappa shape index (κ1) is 10.0. The third-order valence-corrected chi connectivity index (χ3v) is 2.63. The molecule has 0 atom stereocenters. The first-order valence-electron chi connectivity index (χ1n) is 4.57. The van der Waals surface area contributed by atoms with Crippen molar-refractivity contribution in [3.63, 3.8) is 0 Å². The van der Waals surface area contributed by atoms with Crippen molar-refractivity contribution in [1.82, 2.24) is 0 Å². The molecule has 0 saturated heterocycles. The topological polar surface area (TPSA) is 0 Å². The van der Waals surface area contributed by atoms with Crippen LogP contribution in [0, 0.1) is 3.57 Å². The van der Waals surface area contributed by atoms with Crippen molar-refractivity contribution in [2.24, 2.45) is 0 Å². The Labute approximate surface area is 88.5 Å². The zero-order valence-electron chi connectivity index (χ0n) is 7.52. The smallest absolute Gasteiger partial charge is 0.0133 e. The van der Waals surface area contributed by atoms with Crippen LogP contribution in [0.4, 0.5) is 0 Å². The summed E-state index contributed by atoms with van der Waals surface area (Å²) in [5, 5.41) is 0. The van der Waals surface area contributed by atoms with E-state index < -0.39 is 0 Å². The molecule has 0 bridgehead atoms. The fourth-order valence-corrected chi connectivity index (χ4v) is 1.88. The number of hydrogen-bond donors (Lipinski definition) is 0. The average Bonchev–Trinajstić information content (AvgIpc) is 2.05. The van der Waals surface area contributed by atoms with Gasteiger partial charge in [0.15, 0.2) is 0 Å². The number of halogens is 1.